The lowest BCUT2D eigenvalue weighted by Gasteiger charge is -2.17. The number of nitrogens with one attached hydrogen (secondary N) is 2. The molecule has 0 fully saturated rings. The van der Waals surface area contributed by atoms with Gasteiger partial charge in [-0.1, -0.05) is 0 Å². The fourth-order valence-corrected chi connectivity index (χ4v) is 2.96. The van der Waals surface area contributed by atoms with Crippen molar-refractivity contribution in [3.05, 3.63) is 52.1 Å². The minimum absolute atomic E-state index is 0.0248. The van der Waals surface area contributed by atoms with Crippen LogP contribution in [0.4, 0.5) is 11.4 Å². The molecule has 3 N–H and O–H groups in total. The molecule has 3 aromatic rings. The highest BCUT2D eigenvalue weighted by Crippen LogP contribution is 2.37. The van der Waals surface area contributed by atoms with Crippen molar-refractivity contribution >= 4 is 22.3 Å². The number of aromatic amines is 1. The summed E-state index contributed by atoms with van der Waals surface area (Å²) in [5.74, 6) is 0.969. The molecule has 2 heterocycles. The number of aliphatic hydroxyl groups excluding tert-OH is 1. The minimum Gasteiger partial charge on any atom is -0.493 e. The summed E-state index contributed by atoms with van der Waals surface area (Å²) in [6.45, 7) is 4.26. The van der Waals surface area contributed by atoms with Crippen molar-refractivity contribution in [2.45, 2.75) is 20.3 Å². The van der Waals surface area contributed by atoms with Crippen LogP contribution in [0.5, 0.6) is 11.5 Å². The van der Waals surface area contributed by atoms with Gasteiger partial charge in [0.05, 0.1) is 24.9 Å². The average molecular weight is 369 g/mol. The van der Waals surface area contributed by atoms with E-state index in [9.17, 15) is 4.79 Å². The second kappa shape index (κ2) is 8.09. The topological polar surface area (TPSA) is 96.5 Å². The first-order chi connectivity index (χ1) is 13.0. The molecule has 27 heavy (non-hydrogen) atoms. The number of hydrogen-bond acceptors (Lipinski definition) is 6. The van der Waals surface area contributed by atoms with Gasteiger partial charge in [0.1, 0.15) is 0 Å². The van der Waals surface area contributed by atoms with Gasteiger partial charge in [-0.25, -0.2) is 0 Å². The number of ether oxygens (including phenoxy) is 2. The van der Waals surface area contributed by atoms with Crippen LogP contribution < -0.4 is 20.3 Å². The van der Waals surface area contributed by atoms with Crippen molar-refractivity contribution in [2.24, 2.45) is 0 Å². The van der Waals surface area contributed by atoms with Crippen LogP contribution >= 0.6 is 0 Å². The fraction of sp³-hybridized carbons (Fsp3) is 0.300. The summed E-state index contributed by atoms with van der Waals surface area (Å²) in [6.07, 6.45) is 4.03. The summed E-state index contributed by atoms with van der Waals surface area (Å²) in [6, 6.07) is 5.19. The number of aryl methyl sites for hydroxylation is 2. The van der Waals surface area contributed by atoms with E-state index in [2.05, 4.69) is 15.3 Å². The molecule has 0 saturated carbocycles. The Labute approximate surface area is 157 Å². The van der Waals surface area contributed by atoms with Crippen molar-refractivity contribution in [1.82, 2.24) is 9.97 Å². The number of nitrogens with zero attached hydrogens (tertiary/aromatic N) is 1. The van der Waals surface area contributed by atoms with E-state index in [1.807, 2.05) is 19.9 Å². The Balaban J connectivity index is 2.14. The van der Waals surface area contributed by atoms with E-state index in [0.717, 1.165) is 22.2 Å². The predicted octanol–water partition coefficient (Wildman–Crippen LogP) is 3.05. The first-order valence-electron chi connectivity index (χ1n) is 8.71. The zero-order valence-electron chi connectivity index (χ0n) is 15.6. The molecule has 0 radical (unpaired) electrons. The van der Waals surface area contributed by atoms with Crippen LogP contribution in [0.15, 0.2) is 35.4 Å². The molecule has 0 atom stereocenters. The number of H-pyrrole nitrogens is 1. The molecular weight excluding hydrogens is 346 g/mol. The zero-order valence-corrected chi connectivity index (χ0v) is 15.6. The number of fused-ring (bicyclic) bond motifs is 1. The van der Waals surface area contributed by atoms with Gasteiger partial charge < -0.3 is 24.9 Å². The Morgan fingerprint density at radius 1 is 1.22 bits per heavy atom. The van der Waals surface area contributed by atoms with Crippen LogP contribution in [0.1, 0.15) is 17.5 Å². The lowest BCUT2D eigenvalue weighted by molar-refractivity contribution is 0.229. The second-order valence-corrected chi connectivity index (χ2v) is 6.27. The Morgan fingerprint density at radius 3 is 2.63 bits per heavy atom. The number of aliphatic hydroxyl groups is 1. The number of methoxy groups -OCH3 is 1. The first-order valence-corrected chi connectivity index (χ1v) is 8.71. The summed E-state index contributed by atoms with van der Waals surface area (Å²) in [5.41, 5.74) is 3.84. The van der Waals surface area contributed by atoms with Crippen molar-refractivity contribution < 1.29 is 14.6 Å². The number of pyridine rings is 2. The maximum Gasteiger partial charge on any atom is 0.250 e. The molecule has 0 aliphatic rings. The quantitative estimate of drug-likeness (QED) is 0.554. The van der Waals surface area contributed by atoms with Crippen molar-refractivity contribution in [3.63, 3.8) is 0 Å². The Morgan fingerprint density at radius 2 is 1.96 bits per heavy atom. The highest BCUT2D eigenvalue weighted by atomic mass is 16.5. The Kier molecular flexibility index (Phi) is 5.61. The average Bonchev–Trinajstić information content (AvgIpc) is 2.65. The fourth-order valence-electron chi connectivity index (χ4n) is 2.96. The monoisotopic (exact) mass is 369 g/mol. The van der Waals surface area contributed by atoms with Crippen LogP contribution in [0.25, 0.3) is 10.9 Å². The van der Waals surface area contributed by atoms with E-state index in [1.54, 1.807) is 25.6 Å². The normalized spacial score (nSPS) is 10.8. The van der Waals surface area contributed by atoms with Gasteiger partial charge in [-0.2, -0.15) is 0 Å². The smallest absolute Gasteiger partial charge is 0.250 e. The largest absolute Gasteiger partial charge is 0.493 e. The van der Waals surface area contributed by atoms with Crippen molar-refractivity contribution in [3.8, 4) is 11.5 Å². The Hall–Kier alpha value is -3.06. The maximum atomic E-state index is 12.3. The van der Waals surface area contributed by atoms with E-state index in [0.29, 0.717) is 35.7 Å². The number of hydrogen-bond donors (Lipinski definition) is 3. The number of benzene rings is 1. The zero-order chi connectivity index (χ0) is 19.4. The second-order valence-electron chi connectivity index (χ2n) is 6.27. The van der Waals surface area contributed by atoms with Crippen LogP contribution in [-0.2, 0) is 0 Å². The lowest BCUT2D eigenvalue weighted by atomic mass is 10.1. The molecule has 142 valence electrons. The number of aromatic nitrogens is 2. The van der Waals surface area contributed by atoms with Gasteiger partial charge in [0.25, 0.3) is 5.56 Å². The van der Waals surface area contributed by atoms with Crippen molar-refractivity contribution in [1.29, 1.82) is 0 Å². The maximum absolute atomic E-state index is 12.3. The van der Waals surface area contributed by atoms with Gasteiger partial charge in [0.15, 0.2) is 11.5 Å². The van der Waals surface area contributed by atoms with Gasteiger partial charge in [0.2, 0.25) is 0 Å². The summed E-state index contributed by atoms with van der Waals surface area (Å²) in [5, 5.41) is 13.2. The van der Waals surface area contributed by atoms with Gasteiger partial charge in [0, 0.05) is 42.6 Å². The number of rotatable bonds is 7. The molecule has 2 aromatic heterocycles. The van der Waals surface area contributed by atoms with Gasteiger partial charge in [-0.15, -0.1) is 0 Å². The van der Waals surface area contributed by atoms with E-state index in [-0.39, 0.29) is 12.2 Å². The SMILES string of the molecule is COc1ccc2c(Nc3c(C)cncc3C)cc(=O)[nH]c2c1OCCCO. The van der Waals surface area contributed by atoms with Gasteiger partial charge in [-0.3, -0.25) is 9.78 Å². The molecule has 0 aliphatic carbocycles. The highest BCUT2D eigenvalue weighted by molar-refractivity contribution is 5.97. The molecule has 0 spiro atoms. The summed E-state index contributed by atoms with van der Waals surface area (Å²) in [4.78, 5) is 19.3. The third kappa shape index (κ3) is 3.88. The third-order valence-electron chi connectivity index (χ3n) is 4.29. The summed E-state index contributed by atoms with van der Waals surface area (Å²) >= 11 is 0. The lowest BCUT2D eigenvalue weighted by Crippen LogP contribution is -2.10. The molecule has 7 heteroatoms. The first kappa shape index (κ1) is 18.7. The van der Waals surface area contributed by atoms with Crippen LogP contribution in [0, 0.1) is 13.8 Å². The predicted molar refractivity (Wildman–Crippen MR) is 105 cm³/mol. The van der Waals surface area contributed by atoms with Gasteiger partial charge >= 0.3 is 0 Å². The molecule has 1 aromatic carbocycles. The van der Waals surface area contributed by atoms with E-state index < -0.39 is 0 Å². The molecule has 0 unspecified atom stereocenters. The molecule has 0 amide bonds. The van der Waals surface area contributed by atoms with Crippen LogP contribution in [0.2, 0.25) is 0 Å². The molecule has 0 aliphatic heterocycles. The standard InChI is InChI=1S/C20H23N3O4/c1-12-10-21-11-13(2)18(12)22-15-9-17(25)23-19-14(15)5-6-16(26-3)20(19)27-8-4-7-24/h5-6,9-11,24H,4,7-8H2,1-3H3,(H2,21,22,23,25). The van der Waals surface area contributed by atoms with Gasteiger partial charge in [-0.05, 0) is 37.1 Å². The van der Waals surface area contributed by atoms with Crippen LogP contribution in [0.3, 0.4) is 0 Å². The molecule has 3 rings (SSSR count). The van der Waals surface area contributed by atoms with E-state index in [1.165, 1.54) is 6.07 Å². The molecule has 0 bridgehead atoms. The number of anilines is 2. The minimum atomic E-state index is -0.255. The molecule has 0 saturated heterocycles. The summed E-state index contributed by atoms with van der Waals surface area (Å²) in [7, 11) is 1.55. The molecular formula is C20H23N3O4. The van der Waals surface area contributed by atoms with Crippen molar-refractivity contribution in [2.75, 3.05) is 25.6 Å². The Bertz CT molecular complexity index is 994. The van der Waals surface area contributed by atoms with E-state index >= 15 is 0 Å². The molecule has 7 nitrogen and oxygen atoms in total. The van der Waals surface area contributed by atoms with Crippen LogP contribution in [-0.4, -0.2) is 35.4 Å². The highest BCUT2D eigenvalue weighted by Gasteiger charge is 2.15. The third-order valence-corrected chi connectivity index (χ3v) is 4.29. The van der Waals surface area contributed by atoms with E-state index in [4.69, 9.17) is 14.6 Å². The summed E-state index contributed by atoms with van der Waals surface area (Å²) < 4.78 is 11.2.